The molecule has 2 aromatic heterocycles. The molecule has 0 fully saturated rings. The summed E-state index contributed by atoms with van der Waals surface area (Å²) in [7, 11) is 0. The maximum absolute atomic E-state index is 14.2. The lowest BCUT2D eigenvalue weighted by molar-refractivity contribution is -0.137. The third-order valence-corrected chi connectivity index (χ3v) is 6.81. The van der Waals surface area contributed by atoms with Crippen LogP contribution in [-0.2, 0) is 6.18 Å². The van der Waals surface area contributed by atoms with E-state index in [0.29, 0.717) is 29.0 Å². The van der Waals surface area contributed by atoms with Gasteiger partial charge in [-0.1, -0.05) is 11.6 Å². The van der Waals surface area contributed by atoms with Gasteiger partial charge in [0.1, 0.15) is 18.0 Å². The minimum atomic E-state index is -4.90. The summed E-state index contributed by atoms with van der Waals surface area (Å²) in [5.74, 6) is -3.27. The number of halogens is 6. The van der Waals surface area contributed by atoms with E-state index in [9.17, 15) is 31.5 Å². The zero-order chi connectivity index (χ0) is 29.1. The number of hydrogen-bond donors (Lipinski definition) is 2. The number of benzene rings is 3. The van der Waals surface area contributed by atoms with Crippen molar-refractivity contribution in [2.45, 2.75) is 12.2 Å². The van der Waals surface area contributed by atoms with E-state index in [1.54, 1.807) is 6.20 Å². The summed E-state index contributed by atoms with van der Waals surface area (Å²) >= 11 is 6.32. The number of carbonyl (C=O) groups excluding carboxylic acids is 2. The number of alkyl halides is 3. The van der Waals surface area contributed by atoms with E-state index in [-0.39, 0.29) is 33.5 Å². The normalized spacial score (nSPS) is 14.7. The Kier molecular flexibility index (Phi) is 6.18. The van der Waals surface area contributed by atoms with Crippen LogP contribution in [-0.4, -0.2) is 31.4 Å². The van der Waals surface area contributed by atoms with Crippen molar-refractivity contribution in [1.82, 2.24) is 24.9 Å². The van der Waals surface area contributed by atoms with Gasteiger partial charge < -0.3 is 10.6 Å². The number of rotatable bonds is 4. The lowest BCUT2D eigenvalue weighted by Crippen LogP contribution is -2.21. The van der Waals surface area contributed by atoms with Gasteiger partial charge in [0, 0.05) is 50.9 Å². The molecule has 206 valence electrons. The van der Waals surface area contributed by atoms with Crippen LogP contribution in [0.2, 0.25) is 5.02 Å². The summed E-state index contributed by atoms with van der Waals surface area (Å²) in [5.41, 5.74) is -0.707. The van der Waals surface area contributed by atoms with Crippen molar-refractivity contribution in [1.29, 1.82) is 0 Å². The molecule has 6 rings (SSSR count). The van der Waals surface area contributed by atoms with Crippen molar-refractivity contribution in [3.8, 4) is 11.1 Å². The molecule has 1 atom stereocenters. The standard InChI is InChI=1S/C27H14ClF5N6O2/c28-20-2-1-16(29)8-18(20)23-22-19(25(41)38-23)5-12(14-9-34-26-35-11-36-39(26)10-14)6-21(22)37-24(40)13-3-15(27(31,32)33)7-17(30)4-13/h1-11,23H,(H,37,40)(H,38,41)/t23-/m0/s1. The molecule has 41 heavy (non-hydrogen) atoms. The average Bonchev–Trinajstić information content (AvgIpc) is 3.53. The first-order valence-electron chi connectivity index (χ1n) is 11.8. The predicted octanol–water partition coefficient (Wildman–Crippen LogP) is 5.83. The number of nitrogens with one attached hydrogen (secondary N) is 2. The molecule has 0 radical (unpaired) electrons. The zero-order valence-corrected chi connectivity index (χ0v) is 21.1. The van der Waals surface area contributed by atoms with E-state index in [1.165, 1.54) is 35.2 Å². The third kappa shape index (κ3) is 4.84. The Morgan fingerprint density at radius 1 is 1.00 bits per heavy atom. The Labute approximate surface area is 231 Å². The molecule has 2 amide bonds. The molecule has 3 aromatic carbocycles. The lowest BCUT2D eigenvalue weighted by Gasteiger charge is -2.19. The Hall–Kier alpha value is -4.91. The van der Waals surface area contributed by atoms with E-state index in [1.807, 2.05) is 0 Å². The first kappa shape index (κ1) is 26.3. The van der Waals surface area contributed by atoms with E-state index >= 15 is 0 Å². The molecule has 0 saturated carbocycles. The monoisotopic (exact) mass is 584 g/mol. The van der Waals surface area contributed by atoms with E-state index in [0.717, 1.165) is 12.1 Å². The maximum atomic E-state index is 14.2. The first-order valence-corrected chi connectivity index (χ1v) is 12.1. The van der Waals surface area contributed by atoms with Gasteiger partial charge in [0.25, 0.3) is 17.6 Å². The van der Waals surface area contributed by atoms with Gasteiger partial charge in [-0.25, -0.2) is 18.3 Å². The summed E-state index contributed by atoms with van der Waals surface area (Å²) in [4.78, 5) is 34.5. The van der Waals surface area contributed by atoms with Crippen LogP contribution in [0, 0.1) is 11.6 Å². The fourth-order valence-electron chi connectivity index (χ4n) is 4.62. The molecule has 0 bridgehead atoms. The SMILES string of the molecule is O=C(Nc1cc(-c2cnc3ncnn3c2)cc2c1[C@H](c1cc(F)ccc1Cl)NC2=O)c1cc(F)cc(C(F)(F)F)c1. The Morgan fingerprint density at radius 2 is 1.80 bits per heavy atom. The second-order valence-corrected chi connectivity index (χ2v) is 9.49. The molecule has 5 aromatic rings. The van der Waals surface area contributed by atoms with Gasteiger partial charge in [-0.2, -0.15) is 23.3 Å². The number of hydrogen-bond acceptors (Lipinski definition) is 5. The average molecular weight is 585 g/mol. The summed E-state index contributed by atoms with van der Waals surface area (Å²) in [6, 6.07) is 6.92. The largest absolute Gasteiger partial charge is 0.416 e. The number of anilines is 1. The molecule has 8 nitrogen and oxygen atoms in total. The highest BCUT2D eigenvalue weighted by Gasteiger charge is 2.36. The zero-order valence-electron chi connectivity index (χ0n) is 20.3. The molecule has 1 aliphatic heterocycles. The van der Waals surface area contributed by atoms with Crippen LogP contribution >= 0.6 is 11.6 Å². The fourth-order valence-corrected chi connectivity index (χ4v) is 4.85. The Morgan fingerprint density at radius 3 is 2.59 bits per heavy atom. The predicted molar refractivity (Wildman–Crippen MR) is 136 cm³/mol. The Bertz CT molecular complexity index is 1890. The second kappa shape index (κ2) is 9.63. The number of amides is 2. The number of carbonyl (C=O) groups is 2. The van der Waals surface area contributed by atoms with Crippen molar-refractivity contribution in [2.24, 2.45) is 0 Å². The van der Waals surface area contributed by atoms with Crippen molar-refractivity contribution in [3.63, 3.8) is 0 Å². The third-order valence-electron chi connectivity index (χ3n) is 6.46. The van der Waals surface area contributed by atoms with Gasteiger partial charge in [-0.15, -0.1) is 0 Å². The van der Waals surface area contributed by atoms with Gasteiger partial charge in [-0.3, -0.25) is 9.59 Å². The first-order chi connectivity index (χ1) is 19.5. The molecule has 0 aliphatic carbocycles. The summed E-state index contributed by atoms with van der Waals surface area (Å²) in [6.45, 7) is 0. The van der Waals surface area contributed by atoms with Gasteiger partial charge in [0.2, 0.25) is 0 Å². The highest BCUT2D eigenvalue weighted by atomic mass is 35.5. The number of aromatic nitrogens is 4. The Balaban J connectivity index is 1.51. The quantitative estimate of drug-likeness (QED) is 0.259. The summed E-state index contributed by atoms with van der Waals surface area (Å²) < 4.78 is 69.5. The molecule has 0 saturated heterocycles. The fraction of sp³-hybridized carbons (Fsp3) is 0.0741. The highest BCUT2D eigenvalue weighted by molar-refractivity contribution is 6.31. The molecule has 1 aliphatic rings. The van der Waals surface area contributed by atoms with Crippen LogP contribution in [0.4, 0.5) is 27.6 Å². The molecule has 0 spiro atoms. The van der Waals surface area contributed by atoms with Crippen LogP contribution in [0.3, 0.4) is 0 Å². The van der Waals surface area contributed by atoms with Crippen LogP contribution in [0.15, 0.2) is 67.3 Å². The van der Waals surface area contributed by atoms with Crippen molar-refractivity contribution < 1.29 is 31.5 Å². The van der Waals surface area contributed by atoms with Gasteiger partial charge >= 0.3 is 6.18 Å². The van der Waals surface area contributed by atoms with Gasteiger partial charge in [0.15, 0.2) is 0 Å². The summed E-state index contributed by atoms with van der Waals surface area (Å²) in [6.07, 6.45) is -0.595. The summed E-state index contributed by atoms with van der Waals surface area (Å²) in [5, 5.41) is 9.35. The minimum Gasteiger partial charge on any atom is -0.341 e. The molecule has 14 heteroatoms. The number of fused-ring (bicyclic) bond motifs is 2. The highest BCUT2D eigenvalue weighted by Crippen LogP contribution is 2.42. The lowest BCUT2D eigenvalue weighted by atomic mass is 9.93. The molecule has 0 unspecified atom stereocenters. The van der Waals surface area contributed by atoms with Gasteiger partial charge in [-0.05, 0) is 54.1 Å². The van der Waals surface area contributed by atoms with Crippen LogP contribution in [0.1, 0.15) is 43.4 Å². The van der Waals surface area contributed by atoms with Crippen LogP contribution in [0.25, 0.3) is 16.9 Å². The van der Waals surface area contributed by atoms with Crippen molar-refractivity contribution >= 4 is 34.9 Å². The smallest absolute Gasteiger partial charge is 0.341 e. The van der Waals surface area contributed by atoms with Crippen molar-refractivity contribution in [2.75, 3.05) is 5.32 Å². The molecular formula is C27H14ClF5N6O2. The van der Waals surface area contributed by atoms with Crippen LogP contribution < -0.4 is 10.6 Å². The number of nitrogens with zero attached hydrogens (tertiary/aromatic N) is 4. The van der Waals surface area contributed by atoms with E-state index in [4.69, 9.17) is 11.6 Å². The van der Waals surface area contributed by atoms with Crippen LogP contribution in [0.5, 0.6) is 0 Å². The molecular weight excluding hydrogens is 571 g/mol. The minimum absolute atomic E-state index is 0.0114. The maximum Gasteiger partial charge on any atom is 0.416 e. The molecule has 2 N–H and O–H groups in total. The van der Waals surface area contributed by atoms with Crippen molar-refractivity contribution in [3.05, 3.63) is 112 Å². The molecule has 3 heterocycles. The van der Waals surface area contributed by atoms with E-state index in [2.05, 4.69) is 25.7 Å². The van der Waals surface area contributed by atoms with E-state index < -0.39 is 46.8 Å². The van der Waals surface area contributed by atoms with Gasteiger partial charge in [0.05, 0.1) is 11.6 Å². The topological polar surface area (TPSA) is 101 Å². The second-order valence-electron chi connectivity index (χ2n) is 9.09.